The third-order valence-electron chi connectivity index (χ3n) is 2.78. The molecule has 0 radical (unpaired) electrons. The van der Waals surface area contributed by atoms with E-state index >= 15 is 0 Å². The molecule has 0 fully saturated rings. The molecule has 2 rings (SSSR count). The molecule has 0 saturated heterocycles. The van der Waals surface area contributed by atoms with E-state index in [2.05, 4.69) is 17.2 Å². The Labute approximate surface area is 106 Å². The highest BCUT2D eigenvalue weighted by Crippen LogP contribution is 2.27. The number of imidazole rings is 1. The van der Waals surface area contributed by atoms with Crippen LogP contribution in [0, 0.1) is 0 Å². The molecule has 1 unspecified atom stereocenters. The van der Waals surface area contributed by atoms with Gasteiger partial charge in [0.1, 0.15) is 0 Å². The Morgan fingerprint density at radius 3 is 2.94 bits per heavy atom. The van der Waals surface area contributed by atoms with Crippen LogP contribution in [-0.4, -0.2) is 25.8 Å². The summed E-state index contributed by atoms with van der Waals surface area (Å²) < 4.78 is 1.99. The predicted octanol–water partition coefficient (Wildman–Crippen LogP) is 1.47. The average molecular weight is 247 g/mol. The zero-order valence-electron chi connectivity index (χ0n) is 10.2. The van der Waals surface area contributed by atoms with E-state index < -0.39 is 0 Å². The van der Waals surface area contributed by atoms with Gasteiger partial charge in [0.05, 0.1) is 6.33 Å². The molecule has 0 aliphatic carbocycles. The molecule has 18 heavy (non-hydrogen) atoms. The zero-order valence-corrected chi connectivity index (χ0v) is 10.2. The maximum atomic E-state index is 9.66. The number of nitrogens with one attached hydrogen (secondary N) is 1. The largest absolute Gasteiger partial charge is 0.504 e. The van der Waals surface area contributed by atoms with Gasteiger partial charge in [0.2, 0.25) is 0 Å². The van der Waals surface area contributed by atoms with Crippen LogP contribution < -0.4 is 5.32 Å². The molecule has 5 heteroatoms. The second-order valence-electron chi connectivity index (χ2n) is 4.33. The molecule has 0 amide bonds. The summed E-state index contributed by atoms with van der Waals surface area (Å²) in [4.78, 5) is 3.98. The highest BCUT2D eigenvalue weighted by atomic mass is 16.3. The Balaban J connectivity index is 1.89. The van der Waals surface area contributed by atoms with E-state index in [9.17, 15) is 10.2 Å². The minimum absolute atomic E-state index is 0.0557. The molecule has 0 aliphatic heterocycles. The number of aromatic hydroxyl groups is 2. The Hall–Kier alpha value is -2.01. The SMILES string of the molecule is CC(Cn1ccnc1)NCc1cccc(O)c1O. The van der Waals surface area contributed by atoms with Crippen LogP contribution in [0.25, 0.3) is 0 Å². The lowest BCUT2D eigenvalue weighted by atomic mass is 10.1. The van der Waals surface area contributed by atoms with Crippen molar-refractivity contribution in [2.24, 2.45) is 0 Å². The summed E-state index contributed by atoms with van der Waals surface area (Å²) in [5.41, 5.74) is 0.687. The van der Waals surface area contributed by atoms with E-state index in [0.29, 0.717) is 12.1 Å². The van der Waals surface area contributed by atoms with Crippen LogP contribution >= 0.6 is 0 Å². The minimum atomic E-state index is -0.0865. The fraction of sp³-hybridized carbons (Fsp3) is 0.308. The van der Waals surface area contributed by atoms with Gasteiger partial charge in [-0.3, -0.25) is 0 Å². The number of nitrogens with zero attached hydrogens (tertiary/aromatic N) is 2. The Morgan fingerprint density at radius 1 is 1.39 bits per heavy atom. The van der Waals surface area contributed by atoms with E-state index in [4.69, 9.17) is 0 Å². The molecule has 3 N–H and O–H groups in total. The summed E-state index contributed by atoms with van der Waals surface area (Å²) >= 11 is 0. The van der Waals surface area contributed by atoms with Crippen LogP contribution in [0.15, 0.2) is 36.9 Å². The van der Waals surface area contributed by atoms with Gasteiger partial charge < -0.3 is 20.1 Å². The smallest absolute Gasteiger partial charge is 0.161 e. The maximum absolute atomic E-state index is 9.66. The van der Waals surface area contributed by atoms with Crippen molar-refractivity contribution in [2.75, 3.05) is 0 Å². The lowest BCUT2D eigenvalue weighted by molar-refractivity contribution is 0.394. The van der Waals surface area contributed by atoms with Crippen LogP contribution in [0.5, 0.6) is 11.5 Å². The van der Waals surface area contributed by atoms with E-state index in [1.54, 1.807) is 24.7 Å². The summed E-state index contributed by atoms with van der Waals surface area (Å²) in [5.74, 6) is -0.142. The minimum Gasteiger partial charge on any atom is -0.504 e. The van der Waals surface area contributed by atoms with Crippen molar-refractivity contribution in [1.82, 2.24) is 14.9 Å². The molecule has 5 nitrogen and oxygen atoms in total. The second-order valence-corrected chi connectivity index (χ2v) is 4.33. The number of rotatable bonds is 5. The Kier molecular flexibility index (Phi) is 3.84. The fourth-order valence-corrected chi connectivity index (χ4v) is 1.78. The first-order chi connectivity index (χ1) is 8.66. The van der Waals surface area contributed by atoms with Crippen molar-refractivity contribution < 1.29 is 10.2 Å². The molecular formula is C13H17N3O2. The van der Waals surface area contributed by atoms with Gasteiger partial charge in [-0.25, -0.2) is 4.98 Å². The van der Waals surface area contributed by atoms with Gasteiger partial charge in [0.15, 0.2) is 11.5 Å². The topological polar surface area (TPSA) is 70.3 Å². The van der Waals surface area contributed by atoms with E-state index in [1.807, 2.05) is 10.8 Å². The van der Waals surface area contributed by atoms with Crippen LogP contribution in [0.3, 0.4) is 0 Å². The number of hydrogen-bond acceptors (Lipinski definition) is 4. The van der Waals surface area contributed by atoms with E-state index in [1.165, 1.54) is 6.07 Å². The van der Waals surface area contributed by atoms with Gasteiger partial charge in [0.25, 0.3) is 0 Å². The predicted molar refractivity (Wildman–Crippen MR) is 68.3 cm³/mol. The number of hydrogen-bond donors (Lipinski definition) is 3. The lowest BCUT2D eigenvalue weighted by Crippen LogP contribution is -2.29. The molecular weight excluding hydrogens is 230 g/mol. The lowest BCUT2D eigenvalue weighted by Gasteiger charge is -2.15. The van der Waals surface area contributed by atoms with Gasteiger partial charge in [-0.05, 0) is 13.0 Å². The second kappa shape index (κ2) is 5.55. The molecule has 96 valence electrons. The molecule has 1 aromatic carbocycles. The Morgan fingerprint density at radius 2 is 2.22 bits per heavy atom. The Bertz CT molecular complexity index is 497. The molecule has 2 aromatic rings. The van der Waals surface area contributed by atoms with Crippen LogP contribution in [0.1, 0.15) is 12.5 Å². The normalized spacial score (nSPS) is 12.5. The maximum Gasteiger partial charge on any atom is 0.161 e. The number of phenols is 2. The number of phenolic OH excluding ortho intramolecular Hbond substituents is 2. The standard InChI is InChI=1S/C13H17N3O2/c1-10(8-16-6-5-14-9-16)15-7-11-3-2-4-12(17)13(11)18/h2-6,9-10,15,17-18H,7-8H2,1H3. The first kappa shape index (κ1) is 12.4. The number of para-hydroxylation sites is 1. The van der Waals surface area contributed by atoms with Crippen molar-refractivity contribution in [2.45, 2.75) is 26.1 Å². The van der Waals surface area contributed by atoms with Crippen molar-refractivity contribution in [3.8, 4) is 11.5 Å². The van der Waals surface area contributed by atoms with Crippen molar-refractivity contribution in [1.29, 1.82) is 0 Å². The third-order valence-corrected chi connectivity index (χ3v) is 2.78. The van der Waals surface area contributed by atoms with Gasteiger partial charge in [-0.1, -0.05) is 12.1 Å². The third kappa shape index (κ3) is 3.01. The first-order valence-corrected chi connectivity index (χ1v) is 5.85. The molecule has 1 atom stereocenters. The molecule has 1 heterocycles. The highest BCUT2D eigenvalue weighted by molar-refractivity contribution is 5.44. The van der Waals surface area contributed by atoms with E-state index in [-0.39, 0.29) is 17.5 Å². The van der Waals surface area contributed by atoms with Crippen LogP contribution in [0.2, 0.25) is 0 Å². The molecule has 1 aromatic heterocycles. The first-order valence-electron chi connectivity index (χ1n) is 5.85. The quantitative estimate of drug-likeness (QED) is 0.700. The summed E-state index contributed by atoms with van der Waals surface area (Å²) in [7, 11) is 0. The average Bonchev–Trinajstić information content (AvgIpc) is 2.84. The van der Waals surface area contributed by atoms with Crippen LogP contribution in [0.4, 0.5) is 0 Å². The zero-order chi connectivity index (χ0) is 13.0. The van der Waals surface area contributed by atoms with Crippen molar-refractivity contribution >= 4 is 0 Å². The van der Waals surface area contributed by atoms with E-state index in [0.717, 1.165) is 6.54 Å². The van der Waals surface area contributed by atoms with Gasteiger partial charge in [-0.2, -0.15) is 0 Å². The molecule has 0 aliphatic rings. The van der Waals surface area contributed by atoms with Crippen LogP contribution in [-0.2, 0) is 13.1 Å². The van der Waals surface area contributed by atoms with Gasteiger partial charge in [-0.15, -0.1) is 0 Å². The summed E-state index contributed by atoms with van der Waals surface area (Å²) in [6.45, 7) is 3.37. The van der Waals surface area contributed by atoms with Crippen molar-refractivity contribution in [3.05, 3.63) is 42.5 Å². The summed E-state index contributed by atoms with van der Waals surface area (Å²) in [6, 6.07) is 5.20. The molecule has 0 saturated carbocycles. The van der Waals surface area contributed by atoms with Gasteiger partial charge >= 0.3 is 0 Å². The molecule has 0 bridgehead atoms. The molecule has 0 spiro atoms. The summed E-state index contributed by atoms with van der Waals surface area (Å²) in [6.07, 6.45) is 5.42. The number of benzene rings is 1. The number of aromatic nitrogens is 2. The fourth-order valence-electron chi connectivity index (χ4n) is 1.78. The summed E-state index contributed by atoms with van der Waals surface area (Å²) in [5, 5.41) is 22.3. The highest BCUT2D eigenvalue weighted by Gasteiger charge is 2.07. The van der Waals surface area contributed by atoms with Crippen molar-refractivity contribution in [3.63, 3.8) is 0 Å². The van der Waals surface area contributed by atoms with Gasteiger partial charge in [0, 0.05) is 37.1 Å². The monoisotopic (exact) mass is 247 g/mol.